The Kier molecular flexibility index (Phi) is 7.23. The van der Waals surface area contributed by atoms with Crippen molar-refractivity contribution in [1.29, 1.82) is 0 Å². The van der Waals surface area contributed by atoms with Crippen LogP contribution in [0.2, 0.25) is 0 Å². The highest BCUT2D eigenvalue weighted by Crippen LogP contribution is 2.37. The molecule has 3 rings (SSSR count). The fourth-order valence-electron chi connectivity index (χ4n) is 2.89. The number of nitrogens with one attached hydrogen (secondary N) is 3. The van der Waals surface area contributed by atoms with Crippen molar-refractivity contribution in [2.75, 3.05) is 23.7 Å². The van der Waals surface area contributed by atoms with Crippen molar-refractivity contribution in [2.24, 2.45) is 0 Å². The van der Waals surface area contributed by atoms with Crippen LogP contribution in [-0.4, -0.2) is 44.4 Å². The van der Waals surface area contributed by atoms with E-state index < -0.39 is 11.5 Å². The minimum atomic E-state index is -4.35. The molecule has 0 aliphatic heterocycles. The first-order chi connectivity index (χ1) is 15.1. The minimum absolute atomic E-state index is 0.0487. The van der Waals surface area contributed by atoms with Crippen LogP contribution in [0.3, 0.4) is 0 Å². The summed E-state index contributed by atoms with van der Waals surface area (Å²) in [5.41, 5.74) is -2.12. The molecule has 0 fully saturated rings. The third kappa shape index (κ3) is 6.87. The summed E-state index contributed by atoms with van der Waals surface area (Å²) in [5, 5.41) is 12.8. The minimum Gasteiger partial charge on any atom is -0.368 e. The summed E-state index contributed by atoms with van der Waals surface area (Å²) < 4.78 is 38.8. The van der Waals surface area contributed by atoms with Gasteiger partial charge in [-0.1, -0.05) is 0 Å². The Morgan fingerprint density at radius 2 is 1.78 bits per heavy atom. The molecule has 8 nitrogen and oxygen atoms in total. The number of thioether (sulfide) groups is 1. The van der Waals surface area contributed by atoms with Crippen LogP contribution in [0, 0.1) is 20.8 Å². The molecular weight excluding hydrogens is 443 g/mol. The lowest BCUT2D eigenvalue weighted by atomic mass is 10.3. The van der Waals surface area contributed by atoms with Gasteiger partial charge in [-0.3, -0.25) is 0 Å². The summed E-state index contributed by atoms with van der Waals surface area (Å²) in [5.74, 6) is 1.82. The molecule has 0 aliphatic carbocycles. The number of aryl methyl sites for hydroxylation is 3. The van der Waals surface area contributed by atoms with Crippen molar-refractivity contribution >= 4 is 29.3 Å². The molecule has 2 aromatic heterocycles. The van der Waals surface area contributed by atoms with Gasteiger partial charge in [0.05, 0.1) is 5.69 Å². The maximum Gasteiger partial charge on any atom is 0.446 e. The lowest BCUT2D eigenvalue weighted by molar-refractivity contribution is -0.0328. The molecule has 0 aliphatic rings. The quantitative estimate of drug-likeness (QED) is 0.353. The SMILES string of the molecule is Cc1cc(C)n(-c2cc(NCCNC(=O)Nc3ccc(SC(F)(F)F)cc3)nc(C)n2)n1. The van der Waals surface area contributed by atoms with Crippen LogP contribution in [0.1, 0.15) is 17.2 Å². The molecular formula is C20H22F3N7OS. The molecule has 0 saturated carbocycles. The smallest absolute Gasteiger partial charge is 0.368 e. The Bertz CT molecular complexity index is 1080. The van der Waals surface area contributed by atoms with Crippen molar-refractivity contribution in [3.63, 3.8) is 0 Å². The van der Waals surface area contributed by atoms with Crippen LogP contribution in [0.15, 0.2) is 41.3 Å². The summed E-state index contributed by atoms with van der Waals surface area (Å²) in [6, 6.07) is 8.68. The highest BCUT2D eigenvalue weighted by molar-refractivity contribution is 8.00. The zero-order valence-electron chi connectivity index (χ0n) is 17.6. The number of benzene rings is 1. The highest BCUT2D eigenvalue weighted by Gasteiger charge is 2.29. The van der Waals surface area contributed by atoms with E-state index in [1.54, 1.807) is 17.7 Å². The molecule has 32 heavy (non-hydrogen) atoms. The molecule has 12 heteroatoms. The Morgan fingerprint density at radius 1 is 1.06 bits per heavy atom. The predicted octanol–water partition coefficient (Wildman–Crippen LogP) is 4.43. The number of hydrogen-bond acceptors (Lipinski definition) is 6. The normalized spacial score (nSPS) is 11.3. The van der Waals surface area contributed by atoms with Crippen molar-refractivity contribution in [2.45, 2.75) is 31.2 Å². The first-order valence-corrected chi connectivity index (χ1v) is 10.4. The molecule has 1 aromatic carbocycles. The lowest BCUT2D eigenvalue weighted by Crippen LogP contribution is -2.32. The Hall–Kier alpha value is -3.28. The zero-order chi connectivity index (χ0) is 23.3. The number of aromatic nitrogens is 4. The van der Waals surface area contributed by atoms with Gasteiger partial charge in [0.15, 0.2) is 5.82 Å². The predicted molar refractivity (Wildman–Crippen MR) is 117 cm³/mol. The summed E-state index contributed by atoms with van der Waals surface area (Å²) in [6.07, 6.45) is 0. The second-order valence-electron chi connectivity index (χ2n) is 6.88. The second-order valence-corrected chi connectivity index (χ2v) is 8.02. The zero-order valence-corrected chi connectivity index (χ0v) is 18.4. The van der Waals surface area contributed by atoms with E-state index in [0.717, 1.165) is 11.4 Å². The van der Waals surface area contributed by atoms with Crippen LogP contribution in [-0.2, 0) is 0 Å². The lowest BCUT2D eigenvalue weighted by Gasteiger charge is -2.11. The first-order valence-electron chi connectivity index (χ1n) is 9.63. The molecule has 2 amide bonds. The number of nitrogens with zero attached hydrogens (tertiary/aromatic N) is 4. The van der Waals surface area contributed by atoms with Gasteiger partial charge in [0, 0.05) is 35.4 Å². The van der Waals surface area contributed by atoms with Crippen LogP contribution in [0.25, 0.3) is 5.82 Å². The van der Waals surface area contributed by atoms with E-state index >= 15 is 0 Å². The standard InChI is InChI=1S/C20H22F3N7OS/c1-12-10-13(2)30(29-12)18-11-17(26-14(3)27-18)24-8-9-25-19(31)28-15-4-6-16(7-5-15)32-20(21,22)23/h4-7,10-11H,8-9H2,1-3H3,(H,24,26,27)(H2,25,28,31). The van der Waals surface area contributed by atoms with Crippen molar-refractivity contribution in [3.8, 4) is 5.82 Å². The third-order valence-corrected chi connectivity index (χ3v) is 4.85. The van der Waals surface area contributed by atoms with Gasteiger partial charge < -0.3 is 16.0 Å². The molecule has 3 N–H and O–H groups in total. The number of rotatable bonds is 7. The fraction of sp³-hybridized carbons (Fsp3) is 0.300. The summed E-state index contributed by atoms with van der Waals surface area (Å²) >= 11 is -0.207. The molecule has 0 atom stereocenters. The van der Waals surface area contributed by atoms with Crippen molar-refractivity contribution in [3.05, 3.63) is 53.6 Å². The third-order valence-electron chi connectivity index (χ3n) is 4.11. The second kappa shape index (κ2) is 9.90. The molecule has 2 heterocycles. The monoisotopic (exact) mass is 465 g/mol. The van der Waals surface area contributed by atoms with E-state index in [4.69, 9.17) is 0 Å². The molecule has 0 saturated heterocycles. The van der Waals surface area contributed by atoms with Gasteiger partial charge in [-0.05, 0) is 62.9 Å². The number of urea groups is 1. The highest BCUT2D eigenvalue weighted by atomic mass is 32.2. The average molecular weight is 466 g/mol. The molecule has 0 spiro atoms. The van der Waals surface area contributed by atoms with Gasteiger partial charge in [0.1, 0.15) is 11.6 Å². The summed E-state index contributed by atoms with van der Waals surface area (Å²) in [7, 11) is 0. The summed E-state index contributed by atoms with van der Waals surface area (Å²) in [4.78, 5) is 20.8. The van der Waals surface area contributed by atoms with E-state index in [-0.39, 0.29) is 16.7 Å². The van der Waals surface area contributed by atoms with Gasteiger partial charge in [-0.2, -0.15) is 18.3 Å². The molecule has 0 radical (unpaired) electrons. The number of halogens is 3. The van der Waals surface area contributed by atoms with Gasteiger partial charge >= 0.3 is 11.5 Å². The van der Waals surface area contributed by atoms with Crippen LogP contribution < -0.4 is 16.0 Å². The molecule has 0 bridgehead atoms. The maximum atomic E-state index is 12.4. The van der Waals surface area contributed by atoms with E-state index in [2.05, 4.69) is 31.0 Å². The largest absolute Gasteiger partial charge is 0.446 e. The van der Waals surface area contributed by atoms with E-state index in [1.165, 1.54) is 24.3 Å². The number of carbonyl (C=O) groups is 1. The molecule has 3 aromatic rings. The van der Waals surface area contributed by atoms with E-state index in [9.17, 15) is 18.0 Å². The number of amides is 2. The number of alkyl halides is 3. The Labute approximate surface area is 187 Å². The van der Waals surface area contributed by atoms with Gasteiger partial charge in [-0.25, -0.2) is 19.4 Å². The van der Waals surface area contributed by atoms with Gasteiger partial charge in [0.25, 0.3) is 0 Å². The van der Waals surface area contributed by atoms with Crippen LogP contribution >= 0.6 is 11.8 Å². The van der Waals surface area contributed by atoms with Crippen LogP contribution in [0.5, 0.6) is 0 Å². The Balaban J connectivity index is 1.48. The van der Waals surface area contributed by atoms with Gasteiger partial charge in [-0.15, -0.1) is 0 Å². The maximum absolute atomic E-state index is 12.4. The van der Waals surface area contributed by atoms with Gasteiger partial charge in [0.2, 0.25) is 0 Å². The molecule has 170 valence electrons. The number of anilines is 2. The average Bonchev–Trinajstić information content (AvgIpc) is 3.03. The molecule has 0 unspecified atom stereocenters. The van der Waals surface area contributed by atoms with E-state index in [0.29, 0.717) is 36.2 Å². The Morgan fingerprint density at radius 3 is 2.41 bits per heavy atom. The summed E-state index contributed by atoms with van der Waals surface area (Å²) in [6.45, 7) is 6.33. The number of carbonyl (C=O) groups excluding carboxylic acids is 1. The van der Waals surface area contributed by atoms with Crippen LogP contribution in [0.4, 0.5) is 29.5 Å². The number of hydrogen-bond donors (Lipinski definition) is 3. The van der Waals surface area contributed by atoms with E-state index in [1.807, 2.05) is 19.9 Å². The van der Waals surface area contributed by atoms with Crippen molar-refractivity contribution in [1.82, 2.24) is 25.1 Å². The fourth-order valence-corrected chi connectivity index (χ4v) is 3.43. The first kappa shape index (κ1) is 23.4. The van der Waals surface area contributed by atoms with Crippen molar-refractivity contribution < 1.29 is 18.0 Å². The topological polar surface area (TPSA) is 96.8 Å².